The highest BCUT2D eigenvalue weighted by Gasteiger charge is 2.08. The molecule has 0 fully saturated rings. The van der Waals surface area contributed by atoms with Crippen molar-refractivity contribution in [2.24, 2.45) is 12.8 Å². The van der Waals surface area contributed by atoms with Crippen LogP contribution in [0.4, 0.5) is 10.5 Å². The van der Waals surface area contributed by atoms with Crippen LogP contribution in [0.5, 0.6) is 5.75 Å². The maximum atomic E-state index is 10.7. The highest BCUT2D eigenvalue weighted by atomic mass is 16.3. The number of phenols is 1. The molecule has 0 spiro atoms. The van der Waals surface area contributed by atoms with Crippen LogP contribution in [-0.2, 0) is 7.05 Å². The van der Waals surface area contributed by atoms with E-state index in [0.29, 0.717) is 16.9 Å². The number of primary amides is 1. The predicted molar refractivity (Wildman–Crippen MR) is 63.5 cm³/mol. The number of carbonyl (C=O) groups excluding carboxylic acids is 1. The molecular formula is C11H12N4O2. The fourth-order valence-corrected chi connectivity index (χ4v) is 1.52. The first-order valence-corrected chi connectivity index (χ1v) is 4.96. The largest absolute Gasteiger partial charge is 0.507 e. The highest BCUT2D eigenvalue weighted by Crippen LogP contribution is 2.30. The van der Waals surface area contributed by atoms with Crippen molar-refractivity contribution in [3.63, 3.8) is 0 Å². The molecule has 0 atom stereocenters. The minimum absolute atomic E-state index is 0.0960. The number of anilines is 1. The van der Waals surface area contributed by atoms with E-state index in [1.165, 1.54) is 6.07 Å². The Morgan fingerprint density at radius 3 is 2.82 bits per heavy atom. The first kappa shape index (κ1) is 11.0. The Hall–Kier alpha value is -2.50. The first-order chi connectivity index (χ1) is 8.06. The summed E-state index contributed by atoms with van der Waals surface area (Å²) < 4.78 is 1.63. The minimum Gasteiger partial charge on any atom is -0.507 e. The Bertz CT molecular complexity index is 562. The lowest BCUT2D eigenvalue weighted by Crippen LogP contribution is -2.19. The summed E-state index contributed by atoms with van der Waals surface area (Å²) in [6.07, 6.45) is 1.77. The summed E-state index contributed by atoms with van der Waals surface area (Å²) in [6, 6.07) is 5.77. The lowest BCUT2D eigenvalue weighted by Gasteiger charge is -2.06. The van der Waals surface area contributed by atoms with Crippen LogP contribution in [0.25, 0.3) is 11.3 Å². The third kappa shape index (κ3) is 2.36. The van der Waals surface area contributed by atoms with Gasteiger partial charge in [-0.25, -0.2) is 4.79 Å². The average molecular weight is 232 g/mol. The van der Waals surface area contributed by atoms with Gasteiger partial charge in [-0.15, -0.1) is 0 Å². The van der Waals surface area contributed by atoms with Crippen molar-refractivity contribution in [2.75, 3.05) is 5.32 Å². The molecule has 0 radical (unpaired) electrons. The van der Waals surface area contributed by atoms with Crippen molar-refractivity contribution in [2.45, 2.75) is 0 Å². The zero-order valence-corrected chi connectivity index (χ0v) is 9.21. The predicted octanol–water partition coefficient (Wildman–Crippen LogP) is 1.28. The van der Waals surface area contributed by atoms with E-state index in [2.05, 4.69) is 10.4 Å². The molecule has 1 aromatic heterocycles. The van der Waals surface area contributed by atoms with Gasteiger partial charge in [-0.2, -0.15) is 5.10 Å². The summed E-state index contributed by atoms with van der Waals surface area (Å²) in [4.78, 5) is 10.7. The number of nitrogens with zero attached hydrogens (tertiary/aromatic N) is 2. The number of rotatable bonds is 2. The molecule has 2 aromatic rings. The number of amides is 2. The Morgan fingerprint density at radius 2 is 2.24 bits per heavy atom. The Kier molecular flexibility index (Phi) is 2.70. The maximum Gasteiger partial charge on any atom is 0.316 e. The number of carbonyl (C=O) groups is 1. The molecule has 6 heteroatoms. The van der Waals surface area contributed by atoms with Crippen molar-refractivity contribution < 1.29 is 9.90 Å². The molecule has 1 aromatic carbocycles. The van der Waals surface area contributed by atoms with Gasteiger partial charge in [-0.3, -0.25) is 4.68 Å². The molecule has 0 aliphatic carbocycles. The number of benzene rings is 1. The van der Waals surface area contributed by atoms with Gasteiger partial charge in [0.05, 0.1) is 5.69 Å². The van der Waals surface area contributed by atoms with Gasteiger partial charge in [0.15, 0.2) is 0 Å². The summed E-state index contributed by atoms with van der Waals surface area (Å²) in [5.74, 6) is 0.0960. The normalized spacial score (nSPS) is 10.2. The molecule has 0 bridgehead atoms. The quantitative estimate of drug-likeness (QED) is 0.681. The zero-order valence-electron chi connectivity index (χ0n) is 9.21. The van der Waals surface area contributed by atoms with Crippen LogP contribution in [0.2, 0.25) is 0 Å². The number of hydrogen-bond acceptors (Lipinski definition) is 3. The molecular weight excluding hydrogens is 220 g/mol. The second kappa shape index (κ2) is 4.17. The lowest BCUT2D eigenvalue weighted by atomic mass is 10.1. The van der Waals surface area contributed by atoms with Crippen molar-refractivity contribution >= 4 is 11.7 Å². The first-order valence-electron chi connectivity index (χ1n) is 4.96. The number of aromatic nitrogens is 2. The van der Waals surface area contributed by atoms with Gasteiger partial charge < -0.3 is 16.2 Å². The number of aromatic hydroxyl groups is 1. The number of urea groups is 1. The molecule has 2 rings (SSSR count). The Balaban J connectivity index is 2.42. The summed E-state index contributed by atoms with van der Waals surface area (Å²) in [5.41, 5.74) is 6.70. The van der Waals surface area contributed by atoms with E-state index < -0.39 is 6.03 Å². The highest BCUT2D eigenvalue weighted by molar-refractivity contribution is 5.89. The van der Waals surface area contributed by atoms with Gasteiger partial charge in [0.25, 0.3) is 0 Å². The van der Waals surface area contributed by atoms with Crippen LogP contribution in [0, 0.1) is 0 Å². The van der Waals surface area contributed by atoms with E-state index in [1.54, 1.807) is 36.1 Å². The standard InChI is InChI=1S/C11H12N4O2/c1-15-5-4-9(14-15)8-6-7(13-11(12)17)2-3-10(8)16/h2-6,16H,1H3,(H3,12,13,17). The molecule has 4 N–H and O–H groups in total. The van der Waals surface area contributed by atoms with Crippen LogP contribution >= 0.6 is 0 Å². The average Bonchev–Trinajstić information content (AvgIpc) is 2.67. The van der Waals surface area contributed by atoms with Gasteiger partial charge in [0, 0.05) is 24.5 Å². The van der Waals surface area contributed by atoms with Crippen molar-refractivity contribution in [3.05, 3.63) is 30.5 Å². The van der Waals surface area contributed by atoms with Crippen molar-refractivity contribution in [3.8, 4) is 17.0 Å². The molecule has 6 nitrogen and oxygen atoms in total. The zero-order chi connectivity index (χ0) is 12.4. The van der Waals surface area contributed by atoms with E-state index in [4.69, 9.17) is 5.73 Å². The maximum absolute atomic E-state index is 10.7. The SMILES string of the molecule is Cn1ccc(-c2cc(NC(N)=O)ccc2O)n1. The Labute approximate surface area is 97.7 Å². The number of phenolic OH excluding ortho intramolecular Hbond substituents is 1. The number of hydrogen-bond donors (Lipinski definition) is 3. The topological polar surface area (TPSA) is 93.2 Å². The third-order valence-electron chi connectivity index (χ3n) is 2.25. The summed E-state index contributed by atoms with van der Waals surface area (Å²) >= 11 is 0. The smallest absolute Gasteiger partial charge is 0.316 e. The van der Waals surface area contributed by atoms with Crippen molar-refractivity contribution in [1.29, 1.82) is 0 Å². The number of nitrogens with two attached hydrogens (primary N) is 1. The van der Waals surface area contributed by atoms with Gasteiger partial charge in [0.2, 0.25) is 0 Å². The van der Waals surface area contributed by atoms with E-state index in [9.17, 15) is 9.90 Å². The lowest BCUT2D eigenvalue weighted by molar-refractivity contribution is 0.259. The minimum atomic E-state index is -0.650. The van der Waals surface area contributed by atoms with E-state index in [0.717, 1.165) is 0 Å². The summed E-state index contributed by atoms with van der Waals surface area (Å²) in [6.45, 7) is 0. The molecule has 0 unspecified atom stereocenters. The fraction of sp³-hybridized carbons (Fsp3) is 0.0909. The van der Waals surface area contributed by atoms with Gasteiger partial charge in [0.1, 0.15) is 5.75 Å². The molecule has 0 saturated carbocycles. The fourth-order valence-electron chi connectivity index (χ4n) is 1.52. The second-order valence-electron chi connectivity index (χ2n) is 3.60. The monoisotopic (exact) mass is 232 g/mol. The van der Waals surface area contributed by atoms with Gasteiger partial charge >= 0.3 is 6.03 Å². The third-order valence-corrected chi connectivity index (χ3v) is 2.25. The molecule has 17 heavy (non-hydrogen) atoms. The molecule has 0 aliphatic heterocycles. The second-order valence-corrected chi connectivity index (χ2v) is 3.60. The van der Waals surface area contributed by atoms with E-state index in [1.807, 2.05) is 0 Å². The van der Waals surface area contributed by atoms with Gasteiger partial charge in [-0.05, 0) is 24.3 Å². The molecule has 0 saturated heterocycles. The molecule has 1 heterocycles. The molecule has 2 amide bonds. The molecule has 88 valence electrons. The van der Waals surface area contributed by atoms with Crippen LogP contribution in [-0.4, -0.2) is 20.9 Å². The van der Waals surface area contributed by atoms with Crippen LogP contribution < -0.4 is 11.1 Å². The summed E-state index contributed by atoms with van der Waals surface area (Å²) in [7, 11) is 1.78. The van der Waals surface area contributed by atoms with E-state index >= 15 is 0 Å². The number of aryl methyl sites for hydroxylation is 1. The molecule has 0 aliphatic rings. The van der Waals surface area contributed by atoms with Crippen LogP contribution in [0.3, 0.4) is 0 Å². The number of nitrogens with one attached hydrogen (secondary N) is 1. The van der Waals surface area contributed by atoms with Gasteiger partial charge in [-0.1, -0.05) is 0 Å². The van der Waals surface area contributed by atoms with Crippen molar-refractivity contribution in [1.82, 2.24) is 9.78 Å². The van der Waals surface area contributed by atoms with E-state index in [-0.39, 0.29) is 5.75 Å². The Morgan fingerprint density at radius 1 is 1.47 bits per heavy atom. The summed E-state index contributed by atoms with van der Waals surface area (Å²) in [5, 5.41) is 16.4. The van der Waals surface area contributed by atoms with Crippen LogP contribution in [0.1, 0.15) is 0 Å². The van der Waals surface area contributed by atoms with Crippen LogP contribution in [0.15, 0.2) is 30.5 Å².